The van der Waals surface area contributed by atoms with Crippen LogP contribution in [0.25, 0.3) is 6.08 Å². The Balaban J connectivity index is 0.000000550. The van der Waals surface area contributed by atoms with E-state index in [9.17, 15) is 0 Å². The predicted molar refractivity (Wildman–Crippen MR) is 87.1 cm³/mol. The van der Waals surface area contributed by atoms with Gasteiger partial charge in [0.2, 0.25) is 0 Å². The van der Waals surface area contributed by atoms with Crippen LogP contribution in [0.4, 0.5) is 0 Å². The molecule has 2 rings (SSSR count). The molecule has 0 amide bonds. The van der Waals surface area contributed by atoms with Crippen molar-refractivity contribution in [3.05, 3.63) is 77.9 Å². The lowest BCUT2D eigenvalue weighted by Crippen LogP contribution is -1.92. The van der Waals surface area contributed by atoms with Crippen LogP contribution in [-0.4, -0.2) is 0 Å². The fraction of sp³-hybridized carbons (Fsp3) is 0.263. The first-order valence-electron chi connectivity index (χ1n) is 6.86. The van der Waals surface area contributed by atoms with E-state index in [0.29, 0.717) is 5.92 Å². The molecule has 0 aliphatic heterocycles. The monoisotopic (exact) mass is 252 g/mol. The minimum atomic E-state index is 0.691. The van der Waals surface area contributed by atoms with Gasteiger partial charge in [-0.25, -0.2) is 0 Å². The maximum atomic E-state index is 3.36. The molecular weight excluding hydrogens is 228 g/mol. The van der Waals surface area contributed by atoms with Gasteiger partial charge < -0.3 is 0 Å². The maximum absolute atomic E-state index is 3.36. The SMILES string of the molecule is C=CC.Cc1ccc(/C=C/C2=CCC(C)C=C2)cc1. The normalized spacial score (nSPS) is 17.6. The molecule has 1 aliphatic carbocycles. The van der Waals surface area contributed by atoms with Crippen LogP contribution in [0.5, 0.6) is 0 Å². The third-order valence-electron chi connectivity index (χ3n) is 2.89. The van der Waals surface area contributed by atoms with Crippen molar-refractivity contribution >= 4 is 6.08 Å². The van der Waals surface area contributed by atoms with E-state index in [1.807, 2.05) is 6.92 Å². The number of allylic oxidation sites excluding steroid dienone is 6. The smallest absolute Gasteiger partial charge is 0.0224 e. The standard InChI is InChI=1S/C16H18.C3H6/c1-13-3-7-15(8-4-13)11-12-16-9-5-14(2)6-10-16;1-3-2/h3-5,7-12,14H,6H2,1-2H3;3H,1H2,2H3/b12-11+;. The van der Waals surface area contributed by atoms with Crippen LogP contribution in [0, 0.1) is 12.8 Å². The molecule has 1 aromatic carbocycles. The number of benzene rings is 1. The zero-order valence-corrected chi connectivity index (χ0v) is 12.3. The molecule has 0 spiro atoms. The third-order valence-corrected chi connectivity index (χ3v) is 2.89. The molecule has 0 aromatic heterocycles. The van der Waals surface area contributed by atoms with Crippen LogP contribution in [0.15, 0.2) is 66.8 Å². The largest absolute Gasteiger partial charge is 0.103 e. The predicted octanol–water partition coefficient (Wildman–Crippen LogP) is 5.72. The van der Waals surface area contributed by atoms with Gasteiger partial charge in [-0.05, 0) is 37.3 Å². The summed E-state index contributed by atoms with van der Waals surface area (Å²) < 4.78 is 0. The van der Waals surface area contributed by atoms with E-state index in [1.54, 1.807) is 6.08 Å². The molecule has 1 unspecified atom stereocenters. The van der Waals surface area contributed by atoms with Gasteiger partial charge in [-0.15, -0.1) is 6.58 Å². The second-order valence-electron chi connectivity index (χ2n) is 4.93. The lowest BCUT2D eigenvalue weighted by Gasteiger charge is -2.08. The van der Waals surface area contributed by atoms with E-state index in [4.69, 9.17) is 0 Å². The van der Waals surface area contributed by atoms with E-state index >= 15 is 0 Å². The lowest BCUT2D eigenvalue weighted by molar-refractivity contribution is 0.733. The molecule has 19 heavy (non-hydrogen) atoms. The average molecular weight is 252 g/mol. The average Bonchev–Trinajstić information content (AvgIpc) is 2.41. The fourth-order valence-corrected chi connectivity index (χ4v) is 1.74. The summed E-state index contributed by atoms with van der Waals surface area (Å²) >= 11 is 0. The highest BCUT2D eigenvalue weighted by Gasteiger charge is 2.00. The maximum Gasteiger partial charge on any atom is -0.0224 e. The van der Waals surface area contributed by atoms with E-state index in [1.165, 1.54) is 16.7 Å². The van der Waals surface area contributed by atoms with Gasteiger partial charge in [-0.2, -0.15) is 0 Å². The first-order valence-corrected chi connectivity index (χ1v) is 6.86. The Morgan fingerprint density at radius 1 is 1.16 bits per heavy atom. The highest BCUT2D eigenvalue weighted by molar-refractivity contribution is 5.55. The Morgan fingerprint density at radius 2 is 1.79 bits per heavy atom. The Bertz CT molecular complexity index is 469. The third kappa shape index (κ3) is 6.05. The van der Waals surface area contributed by atoms with Crippen molar-refractivity contribution in [1.29, 1.82) is 0 Å². The van der Waals surface area contributed by atoms with Crippen LogP contribution >= 0.6 is 0 Å². The summed E-state index contributed by atoms with van der Waals surface area (Å²) in [4.78, 5) is 0. The van der Waals surface area contributed by atoms with E-state index in [2.05, 4.69) is 75.1 Å². The molecule has 0 N–H and O–H groups in total. The second-order valence-corrected chi connectivity index (χ2v) is 4.93. The van der Waals surface area contributed by atoms with Crippen molar-refractivity contribution < 1.29 is 0 Å². The van der Waals surface area contributed by atoms with Crippen molar-refractivity contribution in [2.45, 2.75) is 27.2 Å². The van der Waals surface area contributed by atoms with E-state index in [0.717, 1.165) is 6.42 Å². The number of aryl methyl sites for hydroxylation is 1. The molecule has 0 heterocycles. The molecule has 1 aliphatic rings. The van der Waals surface area contributed by atoms with Gasteiger partial charge in [0.15, 0.2) is 0 Å². The summed E-state index contributed by atoms with van der Waals surface area (Å²) in [5.74, 6) is 0.691. The lowest BCUT2D eigenvalue weighted by atomic mass is 9.98. The van der Waals surface area contributed by atoms with Gasteiger partial charge in [0, 0.05) is 0 Å². The summed E-state index contributed by atoms with van der Waals surface area (Å²) in [6.07, 6.45) is 14.0. The molecule has 1 aromatic rings. The topological polar surface area (TPSA) is 0 Å². The fourth-order valence-electron chi connectivity index (χ4n) is 1.74. The van der Waals surface area contributed by atoms with Gasteiger partial charge in [0.1, 0.15) is 0 Å². The van der Waals surface area contributed by atoms with Crippen molar-refractivity contribution in [2.75, 3.05) is 0 Å². The van der Waals surface area contributed by atoms with Crippen LogP contribution < -0.4 is 0 Å². The Hall–Kier alpha value is -1.82. The van der Waals surface area contributed by atoms with Gasteiger partial charge >= 0.3 is 0 Å². The van der Waals surface area contributed by atoms with Gasteiger partial charge in [-0.3, -0.25) is 0 Å². The Morgan fingerprint density at radius 3 is 2.32 bits per heavy atom. The van der Waals surface area contributed by atoms with E-state index in [-0.39, 0.29) is 0 Å². The molecule has 0 bridgehead atoms. The first-order chi connectivity index (χ1) is 9.15. The zero-order valence-electron chi connectivity index (χ0n) is 12.3. The van der Waals surface area contributed by atoms with Gasteiger partial charge in [-0.1, -0.05) is 73.2 Å². The Kier molecular flexibility index (Phi) is 6.67. The summed E-state index contributed by atoms with van der Waals surface area (Å²) in [5, 5.41) is 0. The molecule has 0 saturated carbocycles. The van der Waals surface area contributed by atoms with Crippen LogP contribution in [-0.2, 0) is 0 Å². The molecule has 100 valence electrons. The summed E-state index contributed by atoms with van der Waals surface area (Å²) in [7, 11) is 0. The van der Waals surface area contributed by atoms with Crippen LogP contribution in [0.2, 0.25) is 0 Å². The number of hydrogen-bond acceptors (Lipinski definition) is 0. The zero-order chi connectivity index (χ0) is 14.1. The van der Waals surface area contributed by atoms with Crippen LogP contribution in [0.3, 0.4) is 0 Å². The summed E-state index contributed by atoms with van der Waals surface area (Å²) in [5.41, 5.74) is 3.89. The highest BCUT2D eigenvalue weighted by Crippen LogP contribution is 2.17. The first kappa shape index (κ1) is 15.2. The van der Waals surface area contributed by atoms with Crippen molar-refractivity contribution in [1.82, 2.24) is 0 Å². The summed E-state index contributed by atoms with van der Waals surface area (Å²) in [6, 6.07) is 8.60. The highest BCUT2D eigenvalue weighted by atomic mass is 14.1. The molecular formula is C19H24. The number of rotatable bonds is 2. The molecule has 0 fully saturated rings. The van der Waals surface area contributed by atoms with Crippen molar-refractivity contribution in [2.24, 2.45) is 5.92 Å². The summed E-state index contributed by atoms with van der Waals surface area (Å²) in [6.45, 7) is 9.61. The molecule has 0 nitrogen and oxygen atoms in total. The molecule has 1 atom stereocenters. The van der Waals surface area contributed by atoms with Gasteiger partial charge in [0.05, 0.1) is 0 Å². The Labute approximate surface area is 117 Å². The minimum Gasteiger partial charge on any atom is -0.103 e. The van der Waals surface area contributed by atoms with E-state index < -0.39 is 0 Å². The molecule has 0 radical (unpaired) electrons. The second kappa shape index (κ2) is 8.31. The molecule has 0 saturated heterocycles. The minimum absolute atomic E-state index is 0.691. The quantitative estimate of drug-likeness (QED) is 0.590. The van der Waals surface area contributed by atoms with Crippen molar-refractivity contribution in [3.63, 3.8) is 0 Å². The van der Waals surface area contributed by atoms with Crippen LogP contribution in [0.1, 0.15) is 31.4 Å². The van der Waals surface area contributed by atoms with Crippen molar-refractivity contribution in [3.8, 4) is 0 Å². The molecule has 0 heteroatoms. The number of hydrogen-bond donors (Lipinski definition) is 0. The van der Waals surface area contributed by atoms with Gasteiger partial charge in [0.25, 0.3) is 0 Å².